The van der Waals surface area contributed by atoms with Crippen molar-refractivity contribution in [1.29, 1.82) is 0 Å². The van der Waals surface area contributed by atoms with E-state index in [1.807, 2.05) is 12.1 Å². The van der Waals surface area contributed by atoms with Crippen LogP contribution < -0.4 is 14.8 Å². The van der Waals surface area contributed by atoms with E-state index in [9.17, 15) is 0 Å². The molecule has 1 aromatic carbocycles. The lowest BCUT2D eigenvalue weighted by Crippen LogP contribution is -2.18. The van der Waals surface area contributed by atoms with Gasteiger partial charge in [0.2, 0.25) is 0 Å². The summed E-state index contributed by atoms with van der Waals surface area (Å²) in [4.78, 5) is 0. The van der Waals surface area contributed by atoms with E-state index in [2.05, 4.69) is 18.3 Å². The second-order valence-electron chi connectivity index (χ2n) is 5.42. The van der Waals surface area contributed by atoms with Crippen molar-refractivity contribution in [2.45, 2.75) is 45.6 Å². The molecule has 4 heteroatoms. The van der Waals surface area contributed by atoms with Crippen LogP contribution in [0.25, 0.3) is 0 Å². The number of hydrogen-bond acceptors (Lipinski definition) is 4. The topological polar surface area (TPSA) is 39.7 Å². The molecule has 1 rings (SSSR count). The third kappa shape index (κ3) is 7.66. The minimum Gasteiger partial charge on any atom is -0.493 e. The normalized spacial score (nSPS) is 10.7. The van der Waals surface area contributed by atoms with Gasteiger partial charge in [0, 0.05) is 20.2 Å². The number of ether oxygens (including phenoxy) is 3. The first-order valence-electron chi connectivity index (χ1n) is 8.31. The minimum atomic E-state index is 0.719. The van der Waals surface area contributed by atoms with Crippen molar-refractivity contribution in [2.24, 2.45) is 0 Å². The van der Waals surface area contributed by atoms with Gasteiger partial charge in [-0.3, -0.25) is 0 Å². The van der Waals surface area contributed by atoms with Gasteiger partial charge in [0.1, 0.15) is 0 Å². The van der Waals surface area contributed by atoms with E-state index >= 15 is 0 Å². The van der Waals surface area contributed by atoms with E-state index in [4.69, 9.17) is 14.2 Å². The van der Waals surface area contributed by atoms with Crippen LogP contribution >= 0.6 is 0 Å². The second kappa shape index (κ2) is 12.3. The van der Waals surface area contributed by atoms with Crippen molar-refractivity contribution in [1.82, 2.24) is 5.32 Å². The highest BCUT2D eigenvalue weighted by molar-refractivity contribution is 5.42. The maximum Gasteiger partial charge on any atom is 0.161 e. The zero-order valence-electron chi connectivity index (χ0n) is 14.3. The van der Waals surface area contributed by atoms with Gasteiger partial charge in [-0.2, -0.15) is 0 Å². The van der Waals surface area contributed by atoms with Gasteiger partial charge in [0.05, 0.1) is 20.3 Å². The first-order chi connectivity index (χ1) is 10.8. The fourth-order valence-corrected chi connectivity index (χ4v) is 2.24. The number of hydrogen-bond donors (Lipinski definition) is 1. The monoisotopic (exact) mass is 309 g/mol. The van der Waals surface area contributed by atoms with Gasteiger partial charge >= 0.3 is 0 Å². The molecule has 1 aromatic rings. The lowest BCUT2D eigenvalue weighted by atomic mass is 10.1. The summed E-state index contributed by atoms with van der Waals surface area (Å²) in [5, 5.41) is 3.32. The molecule has 22 heavy (non-hydrogen) atoms. The van der Waals surface area contributed by atoms with Gasteiger partial charge in [-0.1, -0.05) is 38.7 Å². The molecular weight excluding hydrogens is 278 g/mol. The second-order valence-corrected chi connectivity index (χ2v) is 5.42. The van der Waals surface area contributed by atoms with Crippen LogP contribution in [0.1, 0.15) is 44.6 Å². The Bertz CT molecular complexity index is 396. The molecular formula is C18H31NO3. The van der Waals surface area contributed by atoms with Gasteiger partial charge in [-0.05, 0) is 24.1 Å². The molecule has 0 heterocycles. The smallest absolute Gasteiger partial charge is 0.161 e. The quantitative estimate of drug-likeness (QED) is 0.563. The standard InChI is InChI=1S/C18H31NO3/c1-4-5-6-7-8-12-22-17-10-9-16(14-18(17)21-3)15-19-11-13-20-2/h9-10,14,19H,4-8,11-13,15H2,1-3H3. The van der Waals surface area contributed by atoms with Crippen molar-refractivity contribution in [3.05, 3.63) is 23.8 Å². The SMILES string of the molecule is CCCCCCCOc1ccc(CNCCOC)cc1OC. The van der Waals surface area contributed by atoms with Crippen molar-refractivity contribution in [3.63, 3.8) is 0 Å². The number of benzene rings is 1. The van der Waals surface area contributed by atoms with E-state index in [-0.39, 0.29) is 0 Å². The molecule has 0 aromatic heterocycles. The molecule has 1 N–H and O–H groups in total. The minimum absolute atomic E-state index is 0.719. The number of methoxy groups -OCH3 is 2. The van der Waals surface area contributed by atoms with E-state index < -0.39 is 0 Å². The third-order valence-corrected chi connectivity index (χ3v) is 3.55. The van der Waals surface area contributed by atoms with Gasteiger partial charge in [0.25, 0.3) is 0 Å². The van der Waals surface area contributed by atoms with Crippen molar-refractivity contribution >= 4 is 0 Å². The molecule has 0 aliphatic carbocycles. The third-order valence-electron chi connectivity index (χ3n) is 3.55. The Hall–Kier alpha value is -1.26. The highest BCUT2D eigenvalue weighted by atomic mass is 16.5. The average Bonchev–Trinajstić information content (AvgIpc) is 2.55. The van der Waals surface area contributed by atoms with Crippen LogP contribution in [0.2, 0.25) is 0 Å². The highest BCUT2D eigenvalue weighted by Gasteiger charge is 2.05. The molecule has 4 nitrogen and oxygen atoms in total. The molecule has 0 aliphatic heterocycles. The largest absolute Gasteiger partial charge is 0.493 e. The van der Waals surface area contributed by atoms with Gasteiger partial charge in [0.15, 0.2) is 11.5 Å². The van der Waals surface area contributed by atoms with Crippen LogP contribution in [-0.4, -0.2) is 34.0 Å². The molecule has 0 saturated heterocycles. The Morgan fingerprint density at radius 1 is 0.955 bits per heavy atom. The molecule has 0 aliphatic rings. The van der Waals surface area contributed by atoms with Crippen molar-refractivity contribution < 1.29 is 14.2 Å². The zero-order chi connectivity index (χ0) is 16.0. The predicted molar refractivity (Wildman–Crippen MR) is 90.8 cm³/mol. The summed E-state index contributed by atoms with van der Waals surface area (Å²) in [6.07, 6.45) is 6.22. The molecule has 0 unspecified atom stereocenters. The Morgan fingerprint density at radius 2 is 1.77 bits per heavy atom. The fraction of sp³-hybridized carbons (Fsp3) is 0.667. The van der Waals surface area contributed by atoms with E-state index in [1.54, 1.807) is 14.2 Å². The average molecular weight is 309 g/mol. The van der Waals surface area contributed by atoms with Crippen molar-refractivity contribution in [2.75, 3.05) is 34.0 Å². The predicted octanol–water partition coefficient (Wildman–Crippen LogP) is 3.78. The zero-order valence-corrected chi connectivity index (χ0v) is 14.3. The van der Waals surface area contributed by atoms with Crippen LogP contribution in [0.5, 0.6) is 11.5 Å². The van der Waals surface area contributed by atoms with Gasteiger partial charge < -0.3 is 19.5 Å². The van der Waals surface area contributed by atoms with Gasteiger partial charge in [-0.15, -0.1) is 0 Å². The summed E-state index contributed by atoms with van der Waals surface area (Å²) < 4.78 is 16.3. The van der Waals surface area contributed by atoms with E-state index in [0.717, 1.165) is 44.2 Å². The first kappa shape index (κ1) is 18.8. The van der Waals surface area contributed by atoms with Crippen molar-refractivity contribution in [3.8, 4) is 11.5 Å². The molecule has 126 valence electrons. The van der Waals surface area contributed by atoms with E-state index in [1.165, 1.54) is 31.2 Å². The Kier molecular flexibility index (Phi) is 10.5. The Morgan fingerprint density at radius 3 is 2.50 bits per heavy atom. The molecule has 0 radical (unpaired) electrons. The molecule has 0 saturated carbocycles. The number of rotatable bonds is 13. The Labute approximate surface area is 135 Å². The number of unbranched alkanes of at least 4 members (excludes halogenated alkanes) is 4. The molecule has 0 spiro atoms. The summed E-state index contributed by atoms with van der Waals surface area (Å²) in [7, 11) is 3.39. The Balaban J connectivity index is 2.37. The summed E-state index contributed by atoms with van der Waals surface area (Å²) in [6.45, 7) is 5.35. The van der Waals surface area contributed by atoms with Crippen LogP contribution in [-0.2, 0) is 11.3 Å². The summed E-state index contributed by atoms with van der Waals surface area (Å²) in [6, 6.07) is 6.11. The van der Waals surface area contributed by atoms with E-state index in [0.29, 0.717) is 0 Å². The highest BCUT2D eigenvalue weighted by Crippen LogP contribution is 2.28. The molecule has 0 bridgehead atoms. The summed E-state index contributed by atoms with van der Waals surface area (Å²) in [5.74, 6) is 1.64. The molecule has 0 amide bonds. The maximum atomic E-state index is 5.84. The fourth-order valence-electron chi connectivity index (χ4n) is 2.24. The number of nitrogens with one attached hydrogen (secondary N) is 1. The summed E-state index contributed by atoms with van der Waals surface area (Å²) >= 11 is 0. The summed E-state index contributed by atoms with van der Waals surface area (Å²) in [5.41, 5.74) is 1.18. The maximum absolute atomic E-state index is 5.84. The van der Waals surface area contributed by atoms with Crippen LogP contribution in [0.3, 0.4) is 0 Å². The molecule has 0 atom stereocenters. The lowest BCUT2D eigenvalue weighted by molar-refractivity contribution is 0.199. The van der Waals surface area contributed by atoms with Crippen LogP contribution in [0, 0.1) is 0 Å². The lowest BCUT2D eigenvalue weighted by Gasteiger charge is -2.12. The molecule has 0 fully saturated rings. The first-order valence-corrected chi connectivity index (χ1v) is 8.31. The van der Waals surface area contributed by atoms with Crippen LogP contribution in [0.15, 0.2) is 18.2 Å². The van der Waals surface area contributed by atoms with Gasteiger partial charge in [-0.25, -0.2) is 0 Å². The van der Waals surface area contributed by atoms with Crippen LogP contribution in [0.4, 0.5) is 0 Å².